The number of ketones is 1. The van der Waals surface area contributed by atoms with Gasteiger partial charge in [-0.05, 0) is 38.1 Å². The monoisotopic (exact) mass is 341 g/mol. The Morgan fingerprint density at radius 1 is 1.00 bits per heavy atom. The second kappa shape index (κ2) is 8.87. The van der Waals surface area contributed by atoms with Gasteiger partial charge in [0.15, 0.2) is 5.78 Å². The van der Waals surface area contributed by atoms with E-state index in [9.17, 15) is 9.59 Å². The Morgan fingerprint density at radius 3 is 2.20 bits per heavy atom. The summed E-state index contributed by atoms with van der Waals surface area (Å²) >= 11 is 0. The van der Waals surface area contributed by atoms with Crippen molar-refractivity contribution in [2.24, 2.45) is 0 Å². The molecular weight excluding hydrogens is 318 g/mol. The van der Waals surface area contributed by atoms with Crippen molar-refractivity contribution in [3.05, 3.63) is 60.2 Å². The van der Waals surface area contributed by atoms with Crippen molar-refractivity contribution >= 4 is 17.4 Å². The van der Waals surface area contributed by atoms with E-state index in [2.05, 4.69) is 5.32 Å². The van der Waals surface area contributed by atoms with Crippen LogP contribution < -0.4 is 10.1 Å². The summed E-state index contributed by atoms with van der Waals surface area (Å²) in [6.45, 7) is 3.56. The molecule has 0 spiro atoms. The van der Waals surface area contributed by atoms with Gasteiger partial charge in [0.05, 0.1) is 13.2 Å². The second-order valence-corrected chi connectivity index (χ2v) is 5.90. The number of esters is 1. The molecule has 0 saturated carbocycles. The first-order chi connectivity index (χ1) is 12.0. The van der Waals surface area contributed by atoms with Gasteiger partial charge in [0.25, 0.3) is 0 Å². The number of benzene rings is 2. The maximum Gasteiger partial charge on any atom is 0.329 e. The molecule has 0 amide bonds. The topological polar surface area (TPSA) is 64.6 Å². The van der Waals surface area contributed by atoms with Crippen LogP contribution in [0.15, 0.2) is 54.6 Å². The number of methoxy groups -OCH3 is 1. The minimum absolute atomic E-state index is 0.0155. The number of rotatable bonds is 8. The first kappa shape index (κ1) is 18.5. The summed E-state index contributed by atoms with van der Waals surface area (Å²) in [4.78, 5) is 24.9. The van der Waals surface area contributed by atoms with Gasteiger partial charge in [-0.25, -0.2) is 4.79 Å². The summed E-state index contributed by atoms with van der Waals surface area (Å²) in [5.74, 6) is 0.148. The molecule has 2 rings (SSSR count). The number of carbonyl (C=O) groups excluding carboxylic acids is 2. The van der Waals surface area contributed by atoms with Gasteiger partial charge in [-0.2, -0.15) is 0 Å². The summed E-state index contributed by atoms with van der Waals surface area (Å²) in [6, 6.07) is 15.3. The molecule has 2 aromatic carbocycles. The van der Waals surface area contributed by atoms with Crippen LogP contribution in [0.3, 0.4) is 0 Å². The van der Waals surface area contributed by atoms with Crippen molar-refractivity contribution in [2.75, 3.05) is 12.4 Å². The summed E-state index contributed by atoms with van der Waals surface area (Å²) < 4.78 is 10.4. The quantitative estimate of drug-likeness (QED) is 0.586. The fourth-order valence-corrected chi connectivity index (χ4v) is 2.32. The van der Waals surface area contributed by atoms with E-state index in [1.165, 1.54) is 0 Å². The van der Waals surface area contributed by atoms with Gasteiger partial charge < -0.3 is 14.8 Å². The van der Waals surface area contributed by atoms with E-state index in [1.807, 2.05) is 6.07 Å². The summed E-state index contributed by atoms with van der Waals surface area (Å²) in [6.07, 6.45) is -0.235. The predicted molar refractivity (Wildman–Crippen MR) is 97.0 cm³/mol. The highest BCUT2D eigenvalue weighted by Crippen LogP contribution is 2.18. The highest BCUT2D eigenvalue weighted by Gasteiger charge is 2.24. The lowest BCUT2D eigenvalue weighted by atomic mass is 10.0. The molecule has 0 aliphatic rings. The van der Waals surface area contributed by atoms with E-state index in [-0.39, 0.29) is 18.3 Å². The Hall–Kier alpha value is -2.82. The zero-order chi connectivity index (χ0) is 18.2. The van der Waals surface area contributed by atoms with E-state index in [0.29, 0.717) is 17.0 Å². The molecule has 2 aromatic rings. The lowest BCUT2D eigenvalue weighted by molar-refractivity contribution is -0.148. The molecule has 0 saturated heterocycles. The molecule has 0 aromatic heterocycles. The van der Waals surface area contributed by atoms with Crippen molar-refractivity contribution in [2.45, 2.75) is 32.4 Å². The van der Waals surface area contributed by atoms with Crippen molar-refractivity contribution in [3.8, 4) is 5.75 Å². The van der Waals surface area contributed by atoms with Crippen LogP contribution in [-0.2, 0) is 9.53 Å². The van der Waals surface area contributed by atoms with Crippen molar-refractivity contribution < 1.29 is 19.1 Å². The van der Waals surface area contributed by atoms with E-state index in [4.69, 9.17) is 9.47 Å². The van der Waals surface area contributed by atoms with Crippen LogP contribution in [0.4, 0.5) is 5.69 Å². The number of hydrogen-bond acceptors (Lipinski definition) is 5. The molecule has 1 N–H and O–H groups in total. The second-order valence-electron chi connectivity index (χ2n) is 5.90. The van der Waals surface area contributed by atoms with Crippen LogP contribution in [0.25, 0.3) is 0 Å². The fourth-order valence-electron chi connectivity index (χ4n) is 2.32. The van der Waals surface area contributed by atoms with Gasteiger partial charge in [0.1, 0.15) is 11.8 Å². The number of ether oxygens (including phenoxy) is 2. The third kappa shape index (κ3) is 5.64. The maximum atomic E-state index is 12.5. The largest absolute Gasteiger partial charge is 0.497 e. The van der Waals surface area contributed by atoms with Crippen molar-refractivity contribution in [1.82, 2.24) is 0 Å². The van der Waals surface area contributed by atoms with E-state index >= 15 is 0 Å². The molecule has 0 heterocycles. The van der Waals surface area contributed by atoms with Crippen LogP contribution in [0.2, 0.25) is 0 Å². The van der Waals surface area contributed by atoms with Crippen LogP contribution in [-0.4, -0.2) is 31.0 Å². The molecule has 0 radical (unpaired) electrons. The molecule has 5 nitrogen and oxygen atoms in total. The highest BCUT2D eigenvalue weighted by atomic mass is 16.5. The average molecular weight is 341 g/mol. The van der Waals surface area contributed by atoms with Gasteiger partial charge in [-0.3, -0.25) is 4.79 Å². The predicted octanol–water partition coefficient (Wildman–Crippen LogP) is 3.70. The van der Waals surface area contributed by atoms with Gasteiger partial charge in [0.2, 0.25) is 0 Å². The van der Waals surface area contributed by atoms with Crippen LogP contribution in [0, 0.1) is 0 Å². The molecule has 0 bridgehead atoms. The number of hydrogen-bond donors (Lipinski definition) is 1. The Kier molecular flexibility index (Phi) is 6.57. The zero-order valence-electron chi connectivity index (χ0n) is 14.7. The number of anilines is 1. The molecule has 25 heavy (non-hydrogen) atoms. The van der Waals surface area contributed by atoms with Gasteiger partial charge in [-0.15, -0.1) is 0 Å². The fraction of sp³-hybridized carbons (Fsp3) is 0.300. The minimum atomic E-state index is -0.761. The molecule has 0 aliphatic carbocycles. The lowest BCUT2D eigenvalue weighted by Crippen LogP contribution is -2.35. The Morgan fingerprint density at radius 2 is 1.64 bits per heavy atom. The van der Waals surface area contributed by atoms with Crippen molar-refractivity contribution in [3.63, 3.8) is 0 Å². The molecule has 1 unspecified atom stereocenters. The third-order valence-electron chi connectivity index (χ3n) is 3.55. The Labute approximate surface area is 148 Å². The molecular formula is C20H23NO4. The Balaban J connectivity index is 2.14. The molecule has 0 aliphatic heterocycles. The molecule has 0 fully saturated rings. The first-order valence-electron chi connectivity index (χ1n) is 8.19. The number of nitrogens with one attached hydrogen (secondary N) is 1. The van der Waals surface area contributed by atoms with Crippen LogP contribution in [0.5, 0.6) is 5.75 Å². The standard InChI is InChI=1S/C20H23NO4/c1-14(2)25-20(23)18(13-19(22)15-7-5-4-6-8-15)21-16-9-11-17(24-3)12-10-16/h4-12,14,18,21H,13H2,1-3H3. The molecule has 5 heteroatoms. The van der Waals surface area contributed by atoms with E-state index < -0.39 is 12.0 Å². The van der Waals surface area contributed by atoms with E-state index in [0.717, 1.165) is 0 Å². The summed E-state index contributed by atoms with van der Waals surface area (Å²) in [5, 5.41) is 3.09. The zero-order valence-corrected chi connectivity index (χ0v) is 14.7. The number of carbonyl (C=O) groups is 2. The van der Waals surface area contributed by atoms with Gasteiger partial charge in [0, 0.05) is 17.7 Å². The Bertz CT molecular complexity index is 695. The molecule has 1 atom stereocenters. The smallest absolute Gasteiger partial charge is 0.329 e. The van der Waals surface area contributed by atoms with E-state index in [1.54, 1.807) is 69.5 Å². The van der Waals surface area contributed by atoms with Gasteiger partial charge >= 0.3 is 5.97 Å². The highest BCUT2D eigenvalue weighted by molar-refractivity contribution is 5.99. The first-order valence-corrected chi connectivity index (χ1v) is 8.19. The normalized spacial score (nSPS) is 11.7. The summed E-state index contributed by atoms with van der Waals surface area (Å²) in [7, 11) is 1.59. The third-order valence-corrected chi connectivity index (χ3v) is 3.55. The SMILES string of the molecule is COc1ccc(NC(CC(=O)c2ccccc2)C(=O)OC(C)C)cc1. The van der Waals surface area contributed by atoms with Gasteiger partial charge in [-0.1, -0.05) is 30.3 Å². The minimum Gasteiger partial charge on any atom is -0.497 e. The summed E-state index contributed by atoms with van der Waals surface area (Å²) in [5.41, 5.74) is 1.29. The maximum absolute atomic E-state index is 12.5. The number of Topliss-reactive ketones (excluding diaryl/α,β-unsaturated/α-hetero) is 1. The average Bonchev–Trinajstić information content (AvgIpc) is 2.62. The van der Waals surface area contributed by atoms with Crippen LogP contribution in [0.1, 0.15) is 30.6 Å². The van der Waals surface area contributed by atoms with Crippen molar-refractivity contribution in [1.29, 1.82) is 0 Å². The van der Waals surface area contributed by atoms with Crippen LogP contribution >= 0.6 is 0 Å². The lowest BCUT2D eigenvalue weighted by Gasteiger charge is -2.20. The molecule has 132 valence electrons.